The Bertz CT molecular complexity index is 614. The molecular formula is C17H24N6. The first-order valence-corrected chi connectivity index (χ1v) is 8.16. The topological polar surface area (TPSA) is 68.1 Å². The minimum Gasteiger partial charge on any atom is -0.365 e. The van der Waals surface area contributed by atoms with E-state index in [-0.39, 0.29) is 0 Å². The molecule has 2 heterocycles. The lowest BCUT2D eigenvalue weighted by Gasteiger charge is -2.34. The van der Waals surface area contributed by atoms with Crippen LogP contribution in [0.4, 0.5) is 11.6 Å². The summed E-state index contributed by atoms with van der Waals surface area (Å²) in [4.78, 5) is 13.3. The Morgan fingerprint density at radius 1 is 1.22 bits per heavy atom. The molecule has 0 amide bonds. The van der Waals surface area contributed by atoms with Crippen LogP contribution in [0.25, 0.3) is 0 Å². The smallest absolute Gasteiger partial charge is 0.143 e. The van der Waals surface area contributed by atoms with E-state index in [2.05, 4.69) is 50.4 Å². The predicted octanol–water partition coefficient (Wildman–Crippen LogP) is 1.91. The van der Waals surface area contributed by atoms with Gasteiger partial charge in [-0.3, -0.25) is 0 Å². The standard InChI is InChI=1S/C17H24N6/c1-22-7-9-23(10-8-22)17-15(11-18)16(20-13-21-17)19-12-14-5-3-2-4-6-14/h3,5-6,11,13,18H,2,4,7-10,12H2,1H3,(H,19,20,21). The number of likely N-dealkylation sites (N-methyl/N-ethyl adjacent to an activating group) is 1. The molecule has 23 heavy (non-hydrogen) atoms. The van der Waals surface area contributed by atoms with Crippen molar-refractivity contribution in [2.24, 2.45) is 0 Å². The molecule has 1 aromatic rings. The van der Waals surface area contributed by atoms with Gasteiger partial charge >= 0.3 is 0 Å². The van der Waals surface area contributed by atoms with Gasteiger partial charge in [-0.05, 0) is 25.5 Å². The highest BCUT2D eigenvalue weighted by Crippen LogP contribution is 2.23. The molecule has 0 spiro atoms. The van der Waals surface area contributed by atoms with E-state index in [1.807, 2.05) is 0 Å². The first-order valence-electron chi connectivity index (χ1n) is 8.16. The van der Waals surface area contributed by atoms with Crippen LogP contribution in [-0.4, -0.2) is 60.9 Å². The van der Waals surface area contributed by atoms with Gasteiger partial charge in [-0.2, -0.15) is 0 Å². The Labute approximate surface area is 137 Å². The first-order chi connectivity index (χ1) is 11.3. The maximum atomic E-state index is 7.80. The van der Waals surface area contributed by atoms with Crippen molar-refractivity contribution in [3.8, 4) is 0 Å². The quantitative estimate of drug-likeness (QED) is 0.813. The lowest BCUT2D eigenvalue weighted by molar-refractivity contribution is 0.312. The number of anilines is 2. The molecule has 1 saturated heterocycles. The second kappa shape index (κ2) is 7.37. The molecule has 0 atom stereocenters. The molecule has 0 radical (unpaired) electrons. The van der Waals surface area contributed by atoms with Crippen LogP contribution in [-0.2, 0) is 0 Å². The van der Waals surface area contributed by atoms with Crippen LogP contribution >= 0.6 is 0 Å². The largest absolute Gasteiger partial charge is 0.365 e. The number of nitrogens with one attached hydrogen (secondary N) is 2. The molecule has 2 aliphatic rings. The van der Waals surface area contributed by atoms with Gasteiger partial charge < -0.3 is 20.5 Å². The van der Waals surface area contributed by atoms with Crippen molar-refractivity contribution in [3.63, 3.8) is 0 Å². The average molecular weight is 312 g/mol. The van der Waals surface area contributed by atoms with Crippen LogP contribution in [0.1, 0.15) is 18.4 Å². The highest BCUT2D eigenvalue weighted by Gasteiger charge is 2.19. The summed E-state index contributed by atoms with van der Waals surface area (Å²) in [6.07, 6.45) is 11.8. The summed E-state index contributed by atoms with van der Waals surface area (Å²) in [5, 5.41) is 11.2. The Balaban J connectivity index is 1.75. The van der Waals surface area contributed by atoms with Crippen molar-refractivity contribution in [1.29, 1.82) is 5.41 Å². The molecule has 1 fully saturated rings. The molecule has 3 rings (SSSR count). The normalized spacial score (nSPS) is 18.7. The third-order valence-corrected chi connectivity index (χ3v) is 4.34. The van der Waals surface area contributed by atoms with Gasteiger partial charge in [-0.15, -0.1) is 0 Å². The lowest BCUT2D eigenvalue weighted by atomic mass is 10.1. The fraction of sp³-hybridized carbons (Fsp3) is 0.471. The summed E-state index contributed by atoms with van der Waals surface area (Å²) in [6.45, 7) is 4.63. The summed E-state index contributed by atoms with van der Waals surface area (Å²) in [5.74, 6) is 1.60. The summed E-state index contributed by atoms with van der Waals surface area (Å²) < 4.78 is 0. The van der Waals surface area contributed by atoms with Gasteiger partial charge in [-0.1, -0.05) is 18.2 Å². The van der Waals surface area contributed by atoms with E-state index in [0.717, 1.165) is 62.8 Å². The van der Waals surface area contributed by atoms with Crippen LogP contribution in [0.2, 0.25) is 0 Å². The highest BCUT2D eigenvalue weighted by molar-refractivity contribution is 5.91. The molecule has 122 valence electrons. The number of rotatable bonds is 5. The van der Waals surface area contributed by atoms with Crippen molar-refractivity contribution < 1.29 is 0 Å². The lowest BCUT2D eigenvalue weighted by Crippen LogP contribution is -2.45. The van der Waals surface area contributed by atoms with E-state index in [4.69, 9.17) is 5.41 Å². The second-order valence-electron chi connectivity index (χ2n) is 6.01. The molecule has 1 aliphatic heterocycles. The van der Waals surface area contributed by atoms with Crippen LogP contribution in [0.5, 0.6) is 0 Å². The third kappa shape index (κ3) is 3.76. The average Bonchev–Trinajstić information content (AvgIpc) is 2.61. The molecule has 0 aromatic carbocycles. The maximum absolute atomic E-state index is 7.80. The second-order valence-corrected chi connectivity index (χ2v) is 6.01. The Kier molecular flexibility index (Phi) is 5.02. The number of hydrogen-bond acceptors (Lipinski definition) is 6. The maximum Gasteiger partial charge on any atom is 0.143 e. The fourth-order valence-corrected chi connectivity index (χ4v) is 2.91. The number of hydrogen-bond donors (Lipinski definition) is 2. The molecule has 6 nitrogen and oxygen atoms in total. The van der Waals surface area contributed by atoms with Gasteiger partial charge in [0.25, 0.3) is 0 Å². The van der Waals surface area contributed by atoms with E-state index in [9.17, 15) is 0 Å². The van der Waals surface area contributed by atoms with Crippen LogP contribution < -0.4 is 10.2 Å². The SMILES string of the molecule is CN1CCN(c2ncnc(NCC3=CCCC=C3)c2C=N)CC1. The van der Waals surface area contributed by atoms with Crippen molar-refractivity contribution in [2.45, 2.75) is 12.8 Å². The van der Waals surface area contributed by atoms with Gasteiger partial charge in [0.2, 0.25) is 0 Å². The highest BCUT2D eigenvalue weighted by atomic mass is 15.3. The van der Waals surface area contributed by atoms with E-state index in [1.165, 1.54) is 11.8 Å². The van der Waals surface area contributed by atoms with E-state index in [0.29, 0.717) is 0 Å². The minimum absolute atomic E-state index is 0.733. The van der Waals surface area contributed by atoms with Gasteiger partial charge in [-0.25, -0.2) is 9.97 Å². The molecule has 1 aromatic heterocycles. The van der Waals surface area contributed by atoms with Gasteiger partial charge in [0.15, 0.2) is 0 Å². The van der Waals surface area contributed by atoms with Crippen molar-refractivity contribution in [3.05, 3.63) is 35.7 Å². The molecule has 0 saturated carbocycles. The number of nitrogens with zero attached hydrogens (tertiary/aromatic N) is 4. The first kappa shape index (κ1) is 15.7. The van der Waals surface area contributed by atoms with Crippen molar-refractivity contribution >= 4 is 17.9 Å². The zero-order valence-corrected chi connectivity index (χ0v) is 13.6. The summed E-state index contributed by atoms with van der Waals surface area (Å²) in [6, 6.07) is 0. The Morgan fingerprint density at radius 2 is 2.04 bits per heavy atom. The van der Waals surface area contributed by atoms with Gasteiger partial charge in [0, 0.05) is 38.9 Å². The summed E-state index contributed by atoms with van der Waals surface area (Å²) >= 11 is 0. The predicted molar refractivity (Wildman–Crippen MR) is 94.6 cm³/mol. The zero-order chi connectivity index (χ0) is 16.1. The summed E-state index contributed by atoms with van der Waals surface area (Å²) in [5.41, 5.74) is 2.05. The monoisotopic (exact) mass is 312 g/mol. The number of allylic oxidation sites excluding steroid dienone is 2. The fourth-order valence-electron chi connectivity index (χ4n) is 2.91. The number of piperazine rings is 1. The number of aromatic nitrogens is 2. The molecule has 1 aliphatic carbocycles. The van der Waals surface area contributed by atoms with E-state index in [1.54, 1.807) is 6.33 Å². The van der Waals surface area contributed by atoms with E-state index < -0.39 is 0 Å². The molecule has 2 N–H and O–H groups in total. The van der Waals surface area contributed by atoms with Gasteiger partial charge in [0.1, 0.15) is 18.0 Å². The van der Waals surface area contributed by atoms with Crippen molar-refractivity contribution in [1.82, 2.24) is 14.9 Å². The van der Waals surface area contributed by atoms with Crippen LogP contribution in [0.3, 0.4) is 0 Å². The molecular weight excluding hydrogens is 288 g/mol. The van der Waals surface area contributed by atoms with E-state index >= 15 is 0 Å². The van der Waals surface area contributed by atoms with Crippen LogP contribution in [0, 0.1) is 5.41 Å². The Hall–Kier alpha value is -2.21. The Morgan fingerprint density at radius 3 is 2.74 bits per heavy atom. The third-order valence-electron chi connectivity index (χ3n) is 4.34. The molecule has 6 heteroatoms. The van der Waals surface area contributed by atoms with Crippen LogP contribution in [0.15, 0.2) is 30.1 Å². The minimum atomic E-state index is 0.733. The molecule has 0 bridgehead atoms. The zero-order valence-electron chi connectivity index (χ0n) is 13.6. The summed E-state index contributed by atoms with van der Waals surface area (Å²) in [7, 11) is 2.13. The van der Waals surface area contributed by atoms with Gasteiger partial charge in [0.05, 0.1) is 5.56 Å². The molecule has 0 unspecified atom stereocenters. The van der Waals surface area contributed by atoms with Crippen molar-refractivity contribution in [2.75, 3.05) is 50.0 Å².